The Hall–Kier alpha value is -0.910. The van der Waals surface area contributed by atoms with Gasteiger partial charge in [0, 0.05) is 19.0 Å². The molecular formula is C10H19NO8S2. The molecule has 0 aliphatic carbocycles. The lowest BCUT2D eigenvalue weighted by Gasteiger charge is -2.16. The van der Waals surface area contributed by atoms with Crippen LogP contribution < -0.4 is 0 Å². The normalized spacial score (nSPS) is 23.4. The second-order valence-corrected chi connectivity index (χ2v) is 8.30. The van der Waals surface area contributed by atoms with E-state index in [2.05, 4.69) is 4.18 Å². The molecule has 1 rings (SSSR count). The molecule has 0 radical (unpaired) electrons. The highest BCUT2D eigenvalue weighted by Gasteiger charge is 2.35. The highest BCUT2D eigenvalue weighted by molar-refractivity contribution is 7.86. The maximum Gasteiger partial charge on any atom is 0.407 e. The lowest BCUT2D eigenvalue weighted by atomic mass is 9.94. The molecule has 2 unspecified atom stereocenters. The van der Waals surface area contributed by atoms with Crippen molar-refractivity contribution in [1.82, 2.24) is 4.90 Å². The minimum atomic E-state index is -3.61. The van der Waals surface area contributed by atoms with E-state index in [1.165, 1.54) is 0 Å². The topological polar surface area (TPSA) is 127 Å². The van der Waals surface area contributed by atoms with Gasteiger partial charge in [-0.05, 0) is 12.3 Å². The molecule has 21 heavy (non-hydrogen) atoms. The molecule has 0 saturated carbocycles. The quantitative estimate of drug-likeness (QED) is 0.615. The van der Waals surface area contributed by atoms with E-state index in [1.807, 2.05) is 0 Å². The molecule has 124 valence electrons. The van der Waals surface area contributed by atoms with E-state index in [-0.39, 0.29) is 38.1 Å². The molecule has 11 heteroatoms. The first-order chi connectivity index (χ1) is 9.48. The van der Waals surface area contributed by atoms with E-state index in [4.69, 9.17) is 9.29 Å². The monoisotopic (exact) mass is 345 g/mol. The van der Waals surface area contributed by atoms with Crippen LogP contribution >= 0.6 is 0 Å². The summed E-state index contributed by atoms with van der Waals surface area (Å²) in [6.45, 7) is 0.132. The number of amides is 1. The number of hydrogen-bond acceptors (Lipinski definition) is 7. The van der Waals surface area contributed by atoms with Crippen LogP contribution in [0, 0.1) is 11.8 Å². The maximum absolute atomic E-state index is 11.0. The lowest BCUT2D eigenvalue weighted by molar-refractivity contribution is 0.151. The molecule has 0 spiro atoms. The number of rotatable bonds is 7. The van der Waals surface area contributed by atoms with Gasteiger partial charge in [0.15, 0.2) is 0 Å². The molecule has 1 aliphatic rings. The molecule has 1 fully saturated rings. The summed E-state index contributed by atoms with van der Waals surface area (Å²) in [5.41, 5.74) is 0. The molecule has 0 bridgehead atoms. The van der Waals surface area contributed by atoms with Gasteiger partial charge in [-0.2, -0.15) is 16.8 Å². The van der Waals surface area contributed by atoms with Crippen LogP contribution in [0.2, 0.25) is 0 Å². The SMILES string of the molecule is CS(=O)(=O)OCCC1CN(C(=O)O)CC1COS(C)(=O)=O. The summed E-state index contributed by atoms with van der Waals surface area (Å²) in [6, 6.07) is 0. The zero-order valence-electron chi connectivity index (χ0n) is 11.8. The van der Waals surface area contributed by atoms with E-state index in [1.54, 1.807) is 0 Å². The van der Waals surface area contributed by atoms with E-state index in [9.17, 15) is 21.6 Å². The van der Waals surface area contributed by atoms with Crippen molar-refractivity contribution in [2.45, 2.75) is 6.42 Å². The molecule has 1 amide bonds. The average molecular weight is 345 g/mol. The Labute approximate surface area is 124 Å². The summed E-state index contributed by atoms with van der Waals surface area (Å²) in [7, 11) is -7.17. The van der Waals surface area contributed by atoms with Crippen LogP contribution in [-0.2, 0) is 28.6 Å². The van der Waals surface area contributed by atoms with Crippen molar-refractivity contribution >= 4 is 26.3 Å². The Morgan fingerprint density at radius 1 is 1.10 bits per heavy atom. The molecule has 0 aromatic heterocycles. The van der Waals surface area contributed by atoms with Crippen LogP contribution in [0.25, 0.3) is 0 Å². The Bertz CT molecular complexity index is 570. The van der Waals surface area contributed by atoms with Crippen LogP contribution in [0.4, 0.5) is 4.79 Å². The average Bonchev–Trinajstić information content (AvgIpc) is 2.67. The molecule has 1 N–H and O–H groups in total. The van der Waals surface area contributed by atoms with Crippen LogP contribution in [0.15, 0.2) is 0 Å². The molecule has 9 nitrogen and oxygen atoms in total. The zero-order valence-corrected chi connectivity index (χ0v) is 13.4. The van der Waals surface area contributed by atoms with E-state index < -0.39 is 26.3 Å². The van der Waals surface area contributed by atoms with Gasteiger partial charge in [-0.15, -0.1) is 0 Å². The largest absolute Gasteiger partial charge is 0.465 e. The van der Waals surface area contributed by atoms with Crippen LogP contribution in [0.1, 0.15) is 6.42 Å². The fourth-order valence-electron chi connectivity index (χ4n) is 2.17. The number of likely N-dealkylation sites (tertiary alicyclic amines) is 1. The van der Waals surface area contributed by atoms with Crippen LogP contribution in [0.5, 0.6) is 0 Å². The number of hydrogen-bond donors (Lipinski definition) is 1. The minimum absolute atomic E-state index is 0.0770. The van der Waals surface area contributed by atoms with Crippen molar-refractivity contribution in [2.75, 3.05) is 38.8 Å². The van der Waals surface area contributed by atoms with Gasteiger partial charge in [-0.1, -0.05) is 0 Å². The molecule has 1 saturated heterocycles. The summed E-state index contributed by atoms with van der Waals surface area (Å²) in [6.07, 6.45) is 1.04. The van der Waals surface area contributed by atoms with Crippen molar-refractivity contribution in [1.29, 1.82) is 0 Å². The maximum atomic E-state index is 11.0. The van der Waals surface area contributed by atoms with Gasteiger partial charge in [-0.25, -0.2) is 4.79 Å². The second kappa shape index (κ2) is 6.90. The molecule has 0 aromatic carbocycles. The molecular weight excluding hydrogens is 326 g/mol. The highest BCUT2D eigenvalue weighted by Crippen LogP contribution is 2.27. The van der Waals surface area contributed by atoms with Gasteiger partial charge in [-0.3, -0.25) is 8.37 Å². The molecule has 1 heterocycles. The lowest BCUT2D eigenvalue weighted by Crippen LogP contribution is -2.27. The second-order valence-electron chi connectivity index (χ2n) is 5.01. The summed E-state index contributed by atoms with van der Waals surface area (Å²) < 4.78 is 53.1. The highest BCUT2D eigenvalue weighted by atomic mass is 32.2. The number of carbonyl (C=O) groups is 1. The first kappa shape index (κ1) is 18.1. The van der Waals surface area contributed by atoms with Crippen LogP contribution in [-0.4, -0.2) is 71.8 Å². The third kappa shape index (κ3) is 7.07. The van der Waals surface area contributed by atoms with E-state index in [0.29, 0.717) is 6.42 Å². The predicted molar refractivity (Wildman–Crippen MR) is 72.8 cm³/mol. The van der Waals surface area contributed by atoms with Gasteiger partial charge >= 0.3 is 6.09 Å². The van der Waals surface area contributed by atoms with Crippen molar-refractivity contribution < 1.29 is 35.1 Å². The fourth-order valence-corrected chi connectivity index (χ4v) is 2.99. The summed E-state index contributed by atoms with van der Waals surface area (Å²) in [5.74, 6) is -0.538. The van der Waals surface area contributed by atoms with Gasteiger partial charge in [0.05, 0.1) is 25.7 Å². The standard InChI is InChI=1S/C10H19NO8S2/c1-20(14,15)18-4-3-8-5-11(10(12)13)6-9(8)7-19-21(2,16)17/h8-9H,3-7H2,1-2H3,(H,12,13). The predicted octanol–water partition coefficient (Wildman–Crippen LogP) is -0.445. The zero-order chi connectivity index (χ0) is 16.3. The minimum Gasteiger partial charge on any atom is -0.465 e. The Kier molecular flexibility index (Phi) is 5.96. The van der Waals surface area contributed by atoms with E-state index >= 15 is 0 Å². The Morgan fingerprint density at radius 3 is 2.10 bits per heavy atom. The van der Waals surface area contributed by atoms with Crippen molar-refractivity contribution in [2.24, 2.45) is 11.8 Å². The first-order valence-corrected chi connectivity index (χ1v) is 9.78. The van der Waals surface area contributed by atoms with Crippen LogP contribution in [0.3, 0.4) is 0 Å². The smallest absolute Gasteiger partial charge is 0.407 e. The summed E-state index contributed by atoms with van der Waals surface area (Å²) in [5, 5.41) is 8.97. The van der Waals surface area contributed by atoms with Crippen molar-refractivity contribution in [3.05, 3.63) is 0 Å². The third-order valence-corrected chi connectivity index (χ3v) is 4.29. The third-order valence-electron chi connectivity index (χ3n) is 3.13. The Morgan fingerprint density at radius 2 is 1.62 bits per heavy atom. The first-order valence-electron chi connectivity index (χ1n) is 6.14. The van der Waals surface area contributed by atoms with Gasteiger partial charge in [0.2, 0.25) is 0 Å². The van der Waals surface area contributed by atoms with Crippen molar-refractivity contribution in [3.63, 3.8) is 0 Å². The summed E-state index contributed by atoms with van der Waals surface area (Å²) in [4.78, 5) is 12.1. The molecule has 1 aliphatic heterocycles. The van der Waals surface area contributed by atoms with E-state index in [0.717, 1.165) is 17.4 Å². The summed E-state index contributed by atoms with van der Waals surface area (Å²) >= 11 is 0. The number of carboxylic acid groups (broad SMARTS) is 1. The van der Waals surface area contributed by atoms with Crippen molar-refractivity contribution in [3.8, 4) is 0 Å². The van der Waals surface area contributed by atoms with Gasteiger partial charge in [0.25, 0.3) is 20.2 Å². The molecule has 0 aromatic rings. The number of nitrogens with zero attached hydrogens (tertiary/aromatic N) is 1. The molecule has 2 atom stereocenters. The fraction of sp³-hybridized carbons (Fsp3) is 0.900. The Balaban J connectivity index is 2.60. The van der Waals surface area contributed by atoms with Gasteiger partial charge < -0.3 is 10.0 Å². The van der Waals surface area contributed by atoms with Gasteiger partial charge in [0.1, 0.15) is 0 Å².